The quantitative estimate of drug-likeness (QED) is 0.778. The molecule has 3 rings (SSSR count). The molecule has 0 aliphatic heterocycles. The lowest BCUT2D eigenvalue weighted by Gasteiger charge is -1.93. The van der Waals surface area contributed by atoms with Crippen molar-refractivity contribution in [1.82, 2.24) is 15.5 Å². The molecule has 0 aliphatic rings. The third-order valence-electron chi connectivity index (χ3n) is 2.88. The van der Waals surface area contributed by atoms with Gasteiger partial charge in [0.1, 0.15) is 5.58 Å². The Balaban J connectivity index is 1.92. The van der Waals surface area contributed by atoms with Crippen molar-refractivity contribution in [2.75, 3.05) is 6.54 Å². The Hall–Kier alpha value is -2.14. The second-order valence-corrected chi connectivity index (χ2v) is 4.43. The van der Waals surface area contributed by atoms with Crippen LogP contribution in [0.3, 0.4) is 0 Å². The summed E-state index contributed by atoms with van der Waals surface area (Å²) >= 11 is 0. The zero-order valence-corrected chi connectivity index (χ0v) is 10.9. The standard InChI is InChI=1S/C14H15N3O2/c1-3-15-8-13-16-17-14(19-13)12-7-10-6-9(2)4-5-11(10)18-12/h4-7,15H,3,8H2,1-2H3. The van der Waals surface area contributed by atoms with Gasteiger partial charge in [-0.15, -0.1) is 10.2 Å². The van der Waals surface area contributed by atoms with Crippen molar-refractivity contribution in [3.05, 3.63) is 35.7 Å². The van der Waals surface area contributed by atoms with Gasteiger partial charge in [-0.05, 0) is 31.7 Å². The van der Waals surface area contributed by atoms with Gasteiger partial charge in [0.15, 0.2) is 5.76 Å². The van der Waals surface area contributed by atoms with Crippen molar-refractivity contribution in [2.45, 2.75) is 20.4 Å². The summed E-state index contributed by atoms with van der Waals surface area (Å²) in [5.41, 5.74) is 2.02. The van der Waals surface area contributed by atoms with Gasteiger partial charge in [-0.3, -0.25) is 0 Å². The Morgan fingerprint density at radius 2 is 2.05 bits per heavy atom. The molecule has 0 unspecified atom stereocenters. The number of aromatic nitrogens is 2. The molecule has 0 aliphatic carbocycles. The SMILES string of the molecule is CCNCc1nnc(-c2cc3cc(C)ccc3o2)o1. The van der Waals surface area contributed by atoms with E-state index in [1.165, 1.54) is 5.56 Å². The van der Waals surface area contributed by atoms with Crippen LogP contribution >= 0.6 is 0 Å². The average molecular weight is 257 g/mol. The summed E-state index contributed by atoms with van der Waals surface area (Å²) in [4.78, 5) is 0. The molecule has 98 valence electrons. The molecule has 1 N–H and O–H groups in total. The van der Waals surface area contributed by atoms with Crippen LogP contribution in [0.5, 0.6) is 0 Å². The molecule has 0 saturated heterocycles. The van der Waals surface area contributed by atoms with Gasteiger partial charge in [-0.25, -0.2) is 0 Å². The molecule has 19 heavy (non-hydrogen) atoms. The molecule has 5 heteroatoms. The van der Waals surface area contributed by atoms with Gasteiger partial charge >= 0.3 is 0 Å². The van der Waals surface area contributed by atoms with E-state index in [1.807, 2.05) is 32.0 Å². The fraction of sp³-hybridized carbons (Fsp3) is 0.286. The highest BCUT2D eigenvalue weighted by Gasteiger charge is 2.13. The minimum atomic E-state index is 0.418. The number of hydrogen-bond donors (Lipinski definition) is 1. The van der Waals surface area contributed by atoms with E-state index in [0.29, 0.717) is 24.1 Å². The monoisotopic (exact) mass is 257 g/mol. The van der Waals surface area contributed by atoms with E-state index < -0.39 is 0 Å². The minimum absolute atomic E-state index is 0.418. The Labute approximate surface area is 110 Å². The second kappa shape index (κ2) is 4.85. The number of fused-ring (bicyclic) bond motifs is 1. The van der Waals surface area contributed by atoms with Gasteiger partial charge < -0.3 is 14.2 Å². The summed E-state index contributed by atoms with van der Waals surface area (Å²) in [6, 6.07) is 7.95. The maximum Gasteiger partial charge on any atom is 0.283 e. The summed E-state index contributed by atoms with van der Waals surface area (Å²) in [6.45, 7) is 5.51. The summed E-state index contributed by atoms with van der Waals surface area (Å²) in [5.74, 6) is 1.59. The highest BCUT2D eigenvalue weighted by atomic mass is 16.4. The summed E-state index contributed by atoms with van der Waals surface area (Å²) in [7, 11) is 0. The van der Waals surface area contributed by atoms with Gasteiger partial charge in [0, 0.05) is 5.39 Å². The average Bonchev–Trinajstić information content (AvgIpc) is 3.01. The number of aryl methyl sites for hydroxylation is 1. The number of furan rings is 1. The zero-order valence-electron chi connectivity index (χ0n) is 10.9. The van der Waals surface area contributed by atoms with Crippen LogP contribution < -0.4 is 5.32 Å². The molecule has 0 saturated carbocycles. The molecule has 0 amide bonds. The molecule has 0 atom stereocenters. The lowest BCUT2D eigenvalue weighted by Crippen LogP contribution is -2.11. The molecule has 1 aromatic carbocycles. The van der Waals surface area contributed by atoms with Crippen LogP contribution in [-0.2, 0) is 6.54 Å². The van der Waals surface area contributed by atoms with Crippen molar-refractivity contribution >= 4 is 11.0 Å². The van der Waals surface area contributed by atoms with Crippen LogP contribution in [0.1, 0.15) is 18.4 Å². The Morgan fingerprint density at radius 3 is 2.89 bits per heavy atom. The minimum Gasteiger partial charge on any atom is -0.451 e. The topological polar surface area (TPSA) is 64.1 Å². The molecular formula is C14H15N3O2. The van der Waals surface area contributed by atoms with Crippen molar-refractivity contribution in [1.29, 1.82) is 0 Å². The Bertz CT molecular complexity index is 700. The first kappa shape index (κ1) is 11.9. The van der Waals surface area contributed by atoms with Crippen LogP contribution in [0.15, 0.2) is 33.1 Å². The van der Waals surface area contributed by atoms with Crippen LogP contribution in [-0.4, -0.2) is 16.7 Å². The lowest BCUT2D eigenvalue weighted by atomic mass is 10.2. The molecule has 5 nitrogen and oxygen atoms in total. The second-order valence-electron chi connectivity index (χ2n) is 4.43. The fourth-order valence-electron chi connectivity index (χ4n) is 1.92. The summed E-state index contributed by atoms with van der Waals surface area (Å²) in [5, 5.41) is 12.2. The van der Waals surface area contributed by atoms with Crippen molar-refractivity contribution < 1.29 is 8.83 Å². The van der Waals surface area contributed by atoms with Crippen molar-refractivity contribution in [3.63, 3.8) is 0 Å². The van der Waals surface area contributed by atoms with E-state index in [9.17, 15) is 0 Å². The molecule has 0 radical (unpaired) electrons. The number of nitrogens with one attached hydrogen (secondary N) is 1. The van der Waals surface area contributed by atoms with Gasteiger partial charge in [0.05, 0.1) is 6.54 Å². The first-order valence-corrected chi connectivity index (χ1v) is 6.30. The maximum atomic E-state index is 5.71. The molecule has 2 heterocycles. The largest absolute Gasteiger partial charge is 0.451 e. The van der Waals surface area contributed by atoms with Gasteiger partial charge in [-0.1, -0.05) is 18.6 Å². The molecule has 0 spiro atoms. The number of hydrogen-bond acceptors (Lipinski definition) is 5. The molecule has 0 fully saturated rings. The van der Waals surface area contributed by atoms with E-state index in [1.54, 1.807) is 0 Å². The zero-order chi connectivity index (χ0) is 13.2. The lowest BCUT2D eigenvalue weighted by molar-refractivity contribution is 0.468. The Kier molecular flexibility index (Phi) is 3.05. The molecular weight excluding hydrogens is 242 g/mol. The van der Waals surface area contributed by atoms with Crippen LogP contribution in [0, 0.1) is 6.92 Å². The first-order valence-electron chi connectivity index (χ1n) is 6.30. The fourth-order valence-corrected chi connectivity index (χ4v) is 1.92. The Morgan fingerprint density at radius 1 is 1.16 bits per heavy atom. The molecule has 3 aromatic rings. The first-order chi connectivity index (χ1) is 9.26. The van der Waals surface area contributed by atoms with Gasteiger partial charge in [0.2, 0.25) is 5.89 Å². The predicted octanol–water partition coefficient (Wildman–Crippen LogP) is 2.90. The van der Waals surface area contributed by atoms with E-state index in [0.717, 1.165) is 17.5 Å². The van der Waals surface area contributed by atoms with Gasteiger partial charge in [0.25, 0.3) is 5.89 Å². The number of benzene rings is 1. The summed E-state index contributed by atoms with van der Waals surface area (Å²) < 4.78 is 11.3. The predicted molar refractivity (Wildman–Crippen MR) is 71.6 cm³/mol. The van der Waals surface area contributed by atoms with Crippen molar-refractivity contribution in [3.8, 4) is 11.7 Å². The maximum absolute atomic E-state index is 5.71. The van der Waals surface area contributed by atoms with E-state index in [2.05, 4.69) is 21.6 Å². The van der Waals surface area contributed by atoms with Crippen molar-refractivity contribution in [2.24, 2.45) is 0 Å². The summed E-state index contributed by atoms with van der Waals surface area (Å²) in [6.07, 6.45) is 0. The third kappa shape index (κ3) is 2.37. The van der Waals surface area contributed by atoms with E-state index in [-0.39, 0.29) is 0 Å². The highest BCUT2D eigenvalue weighted by molar-refractivity contribution is 5.82. The molecule has 0 bridgehead atoms. The normalized spacial score (nSPS) is 11.3. The van der Waals surface area contributed by atoms with Gasteiger partial charge in [-0.2, -0.15) is 0 Å². The van der Waals surface area contributed by atoms with E-state index in [4.69, 9.17) is 8.83 Å². The third-order valence-corrected chi connectivity index (χ3v) is 2.88. The number of nitrogens with zero attached hydrogens (tertiary/aromatic N) is 2. The van der Waals surface area contributed by atoms with E-state index >= 15 is 0 Å². The smallest absolute Gasteiger partial charge is 0.283 e. The number of rotatable bonds is 4. The highest BCUT2D eigenvalue weighted by Crippen LogP contribution is 2.27. The van der Waals surface area contributed by atoms with Crippen LogP contribution in [0.2, 0.25) is 0 Å². The van der Waals surface area contributed by atoms with Crippen LogP contribution in [0.25, 0.3) is 22.6 Å². The molecule has 2 aromatic heterocycles. The van der Waals surface area contributed by atoms with Crippen LogP contribution in [0.4, 0.5) is 0 Å².